The minimum absolute atomic E-state index is 0.706. The van der Waals surface area contributed by atoms with E-state index in [0.29, 0.717) is 6.61 Å². The molecule has 11 heavy (non-hydrogen) atoms. The summed E-state index contributed by atoms with van der Waals surface area (Å²) in [5, 5.41) is 0. The highest BCUT2D eigenvalue weighted by molar-refractivity contribution is 7.98. The van der Waals surface area contributed by atoms with E-state index >= 15 is 0 Å². The maximum atomic E-state index is 5.37. The topological polar surface area (TPSA) is 22.1 Å². The van der Waals surface area contributed by atoms with E-state index in [2.05, 4.69) is 4.98 Å². The number of hydrogen-bond acceptors (Lipinski definition) is 3. The molecular formula is C8H11NOS. The van der Waals surface area contributed by atoms with Gasteiger partial charge in [0, 0.05) is 12.4 Å². The molecule has 2 nitrogen and oxygen atoms in total. The average Bonchev–Trinajstić information content (AvgIpc) is 2.06. The van der Waals surface area contributed by atoms with E-state index in [-0.39, 0.29) is 0 Å². The fraction of sp³-hybridized carbons (Fsp3) is 0.375. The summed E-state index contributed by atoms with van der Waals surface area (Å²) in [7, 11) is 0. The average molecular weight is 169 g/mol. The van der Waals surface area contributed by atoms with Crippen LogP contribution < -0.4 is 4.74 Å². The van der Waals surface area contributed by atoms with Crippen molar-refractivity contribution in [2.24, 2.45) is 0 Å². The van der Waals surface area contributed by atoms with E-state index in [1.54, 1.807) is 18.0 Å². The Hall–Kier alpha value is -0.700. The summed E-state index contributed by atoms with van der Waals surface area (Å²) >= 11 is 1.65. The number of aromatic nitrogens is 1. The van der Waals surface area contributed by atoms with Crippen LogP contribution in [0.25, 0.3) is 0 Å². The summed E-state index contributed by atoms with van der Waals surface area (Å²) in [4.78, 5) is 5.09. The van der Waals surface area contributed by atoms with Gasteiger partial charge in [-0.25, -0.2) is 0 Å². The first kappa shape index (κ1) is 8.40. The smallest absolute Gasteiger partial charge is 0.135 e. The predicted octanol–water partition coefficient (Wildman–Crippen LogP) is 2.20. The highest BCUT2D eigenvalue weighted by atomic mass is 32.2. The molecule has 3 heteroatoms. The number of thioether (sulfide) groups is 1. The van der Waals surface area contributed by atoms with E-state index in [1.165, 1.54) is 0 Å². The third kappa shape index (κ3) is 2.12. The van der Waals surface area contributed by atoms with Crippen LogP contribution in [-0.4, -0.2) is 17.8 Å². The summed E-state index contributed by atoms with van der Waals surface area (Å²) in [5.41, 5.74) is 0. The Balaban J connectivity index is 2.83. The van der Waals surface area contributed by atoms with Crippen LogP contribution in [-0.2, 0) is 0 Å². The van der Waals surface area contributed by atoms with Crippen LogP contribution in [0, 0.1) is 0 Å². The van der Waals surface area contributed by atoms with Gasteiger partial charge in [0.2, 0.25) is 0 Å². The van der Waals surface area contributed by atoms with Crippen molar-refractivity contribution in [2.45, 2.75) is 11.8 Å². The third-order valence-electron chi connectivity index (χ3n) is 1.27. The molecule has 0 aliphatic rings. The number of hydrogen-bond donors (Lipinski definition) is 0. The molecule has 0 aliphatic heterocycles. The van der Waals surface area contributed by atoms with E-state index in [4.69, 9.17) is 4.74 Å². The molecule has 0 unspecified atom stereocenters. The van der Waals surface area contributed by atoms with Crippen molar-refractivity contribution in [3.63, 3.8) is 0 Å². The molecule has 0 aliphatic carbocycles. The monoisotopic (exact) mass is 169 g/mol. The van der Waals surface area contributed by atoms with E-state index in [9.17, 15) is 0 Å². The maximum absolute atomic E-state index is 5.37. The minimum atomic E-state index is 0.706. The van der Waals surface area contributed by atoms with Gasteiger partial charge in [-0.15, -0.1) is 11.8 Å². The molecule has 0 radical (unpaired) electrons. The second-order valence-corrected chi connectivity index (χ2v) is 2.81. The molecule has 0 N–H and O–H groups in total. The van der Waals surface area contributed by atoms with Crippen molar-refractivity contribution in [1.82, 2.24) is 4.98 Å². The van der Waals surface area contributed by atoms with E-state index in [0.717, 1.165) is 10.6 Å². The zero-order valence-electron chi connectivity index (χ0n) is 6.70. The molecule has 60 valence electrons. The summed E-state index contributed by atoms with van der Waals surface area (Å²) in [6, 6.07) is 1.88. The Morgan fingerprint density at radius 2 is 2.45 bits per heavy atom. The van der Waals surface area contributed by atoms with Gasteiger partial charge in [0.05, 0.1) is 11.5 Å². The highest BCUT2D eigenvalue weighted by Crippen LogP contribution is 2.25. The molecule has 0 saturated carbocycles. The molecular weight excluding hydrogens is 158 g/mol. The Bertz CT molecular complexity index is 227. The first-order chi connectivity index (χ1) is 5.38. The van der Waals surface area contributed by atoms with Crippen LogP contribution in [0.1, 0.15) is 6.92 Å². The van der Waals surface area contributed by atoms with Crippen molar-refractivity contribution in [3.05, 3.63) is 18.5 Å². The zero-order valence-corrected chi connectivity index (χ0v) is 7.52. The van der Waals surface area contributed by atoms with Crippen molar-refractivity contribution in [2.75, 3.05) is 12.9 Å². The van der Waals surface area contributed by atoms with Gasteiger partial charge >= 0.3 is 0 Å². The lowest BCUT2D eigenvalue weighted by Crippen LogP contribution is -1.93. The first-order valence-electron chi connectivity index (χ1n) is 3.49. The second kappa shape index (κ2) is 4.23. The molecule has 0 bridgehead atoms. The molecule has 0 fully saturated rings. The van der Waals surface area contributed by atoms with E-state index < -0.39 is 0 Å². The third-order valence-corrected chi connectivity index (χ3v) is 2.01. The molecule has 0 amide bonds. The van der Waals surface area contributed by atoms with Gasteiger partial charge in [-0.05, 0) is 19.2 Å². The molecule has 1 aromatic rings. The second-order valence-electron chi connectivity index (χ2n) is 1.96. The fourth-order valence-electron chi connectivity index (χ4n) is 0.795. The minimum Gasteiger partial charge on any atom is -0.493 e. The number of pyridine rings is 1. The van der Waals surface area contributed by atoms with Gasteiger partial charge < -0.3 is 4.74 Å². The Kier molecular flexibility index (Phi) is 3.23. The Morgan fingerprint density at radius 3 is 3.09 bits per heavy atom. The van der Waals surface area contributed by atoms with Crippen LogP contribution in [0.5, 0.6) is 5.75 Å². The lowest BCUT2D eigenvalue weighted by atomic mass is 10.4. The van der Waals surface area contributed by atoms with Crippen molar-refractivity contribution >= 4 is 11.8 Å². The van der Waals surface area contributed by atoms with Crippen molar-refractivity contribution in [3.8, 4) is 5.75 Å². The van der Waals surface area contributed by atoms with Gasteiger partial charge in [-0.3, -0.25) is 4.98 Å². The van der Waals surface area contributed by atoms with Crippen LogP contribution in [0.15, 0.2) is 23.4 Å². The molecule has 1 rings (SSSR count). The predicted molar refractivity (Wildman–Crippen MR) is 47.2 cm³/mol. The normalized spacial score (nSPS) is 9.64. The quantitative estimate of drug-likeness (QED) is 0.648. The SMILES string of the molecule is CCOc1ccncc1SC. The molecule has 0 atom stereocenters. The van der Waals surface area contributed by atoms with E-state index in [1.807, 2.05) is 25.4 Å². The van der Waals surface area contributed by atoms with Crippen LogP contribution in [0.2, 0.25) is 0 Å². The van der Waals surface area contributed by atoms with Gasteiger partial charge in [0.25, 0.3) is 0 Å². The lowest BCUT2D eigenvalue weighted by Gasteiger charge is -2.05. The summed E-state index contributed by atoms with van der Waals surface area (Å²) < 4.78 is 5.37. The largest absolute Gasteiger partial charge is 0.493 e. The Labute approximate surface area is 71.0 Å². The van der Waals surface area contributed by atoms with Crippen LogP contribution in [0.4, 0.5) is 0 Å². The number of rotatable bonds is 3. The Morgan fingerprint density at radius 1 is 1.64 bits per heavy atom. The molecule has 1 heterocycles. The van der Waals surface area contributed by atoms with Crippen molar-refractivity contribution in [1.29, 1.82) is 0 Å². The van der Waals surface area contributed by atoms with Gasteiger partial charge in [0.15, 0.2) is 0 Å². The van der Waals surface area contributed by atoms with Gasteiger partial charge in [-0.2, -0.15) is 0 Å². The standard InChI is InChI=1S/C8H11NOS/c1-3-10-7-4-5-9-6-8(7)11-2/h4-6H,3H2,1-2H3. The molecule has 0 aromatic carbocycles. The molecule has 0 spiro atoms. The highest BCUT2D eigenvalue weighted by Gasteiger charge is 1.99. The van der Waals surface area contributed by atoms with Crippen molar-refractivity contribution < 1.29 is 4.74 Å². The van der Waals surface area contributed by atoms with Gasteiger partial charge in [-0.1, -0.05) is 0 Å². The van der Waals surface area contributed by atoms with Crippen LogP contribution >= 0.6 is 11.8 Å². The lowest BCUT2D eigenvalue weighted by molar-refractivity contribution is 0.332. The number of nitrogens with zero attached hydrogens (tertiary/aromatic N) is 1. The molecule has 1 aromatic heterocycles. The summed E-state index contributed by atoms with van der Waals surface area (Å²) in [5.74, 6) is 0.926. The summed E-state index contributed by atoms with van der Waals surface area (Å²) in [6.45, 7) is 2.68. The number of ether oxygens (including phenoxy) is 1. The van der Waals surface area contributed by atoms with Crippen LogP contribution in [0.3, 0.4) is 0 Å². The summed E-state index contributed by atoms with van der Waals surface area (Å²) in [6.07, 6.45) is 5.57. The molecule has 0 saturated heterocycles. The van der Waals surface area contributed by atoms with Gasteiger partial charge in [0.1, 0.15) is 5.75 Å². The zero-order chi connectivity index (χ0) is 8.10. The fourth-order valence-corrected chi connectivity index (χ4v) is 1.29. The maximum Gasteiger partial charge on any atom is 0.135 e. The first-order valence-corrected chi connectivity index (χ1v) is 4.71.